The smallest absolute Gasteiger partial charge is 0.137 e. The number of hydrogen-bond acceptors (Lipinski definition) is 3. The van der Waals surface area contributed by atoms with Gasteiger partial charge in [0.05, 0.1) is 11.0 Å². The van der Waals surface area contributed by atoms with Crippen molar-refractivity contribution in [1.29, 1.82) is 0 Å². The molecular formula is C24H15N3S. The zero-order valence-corrected chi connectivity index (χ0v) is 15.7. The van der Waals surface area contributed by atoms with Crippen LogP contribution in [0.3, 0.4) is 0 Å². The Morgan fingerprint density at radius 3 is 2.50 bits per heavy atom. The first-order valence-corrected chi connectivity index (χ1v) is 10.0. The summed E-state index contributed by atoms with van der Waals surface area (Å²) in [6, 6.07) is 23.6. The SMILES string of the molecule is c1ccc2c(c1)c1cc3ccsc3cc1n2-c1ccc(-c2ccncc2)cn1. The second kappa shape index (κ2) is 6.01. The van der Waals surface area contributed by atoms with E-state index in [1.54, 1.807) is 11.3 Å². The Morgan fingerprint density at radius 2 is 1.64 bits per heavy atom. The molecule has 0 fully saturated rings. The van der Waals surface area contributed by atoms with Crippen molar-refractivity contribution in [3.63, 3.8) is 0 Å². The molecule has 0 aliphatic carbocycles. The van der Waals surface area contributed by atoms with Gasteiger partial charge in [-0.25, -0.2) is 4.98 Å². The molecular weight excluding hydrogens is 362 g/mol. The molecule has 0 aliphatic rings. The molecule has 0 unspecified atom stereocenters. The van der Waals surface area contributed by atoms with E-state index in [9.17, 15) is 0 Å². The molecule has 0 bridgehead atoms. The Hall–Kier alpha value is -3.50. The average Bonchev–Trinajstić information content (AvgIpc) is 3.35. The highest BCUT2D eigenvalue weighted by Gasteiger charge is 2.14. The standard InChI is InChI=1S/C24H15N3S/c1-2-4-21-19(3-1)20-13-17-9-12-28-23(17)14-22(20)27(21)24-6-5-18(15-26-24)16-7-10-25-11-8-16/h1-15H. The summed E-state index contributed by atoms with van der Waals surface area (Å²) < 4.78 is 3.56. The summed E-state index contributed by atoms with van der Waals surface area (Å²) in [6.45, 7) is 0. The molecule has 2 aromatic carbocycles. The molecule has 0 radical (unpaired) electrons. The molecule has 4 heterocycles. The average molecular weight is 377 g/mol. The van der Waals surface area contributed by atoms with Gasteiger partial charge in [0.1, 0.15) is 5.82 Å². The maximum atomic E-state index is 4.81. The van der Waals surface area contributed by atoms with E-state index in [0.717, 1.165) is 16.9 Å². The second-order valence-corrected chi connectivity index (χ2v) is 7.77. The van der Waals surface area contributed by atoms with Crippen molar-refractivity contribution in [2.75, 3.05) is 0 Å². The molecule has 0 atom stereocenters. The number of nitrogens with zero attached hydrogens (tertiary/aromatic N) is 3. The zero-order chi connectivity index (χ0) is 18.5. The van der Waals surface area contributed by atoms with Gasteiger partial charge >= 0.3 is 0 Å². The highest BCUT2D eigenvalue weighted by molar-refractivity contribution is 7.17. The van der Waals surface area contributed by atoms with Crippen LogP contribution in [0.5, 0.6) is 0 Å². The van der Waals surface area contributed by atoms with Crippen LogP contribution >= 0.6 is 11.3 Å². The van der Waals surface area contributed by atoms with Crippen LogP contribution in [-0.2, 0) is 0 Å². The van der Waals surface area contributed by atoms with E-state index in [0.29, 0.717) is 0 Å². The Bertz CT molecular complexity index is 1440. The van der Waals surface area contributed by atoms with Crippen LogP contribution in [0.25, 0.3) is 48.8 Å². The van der Waals surface area contributed by atoms with Crippen molar-refractivity contribution in [3.8, 4) is 16.9 Å². The van der Waals surface area contributed by atoms with Gasteiger partial charge in [-0.15, -0.1) is 11.3 Å². The number of fused-ring (bicyclic) bond motifs is 4. The molecule has 132 valence electrons. The normalized spacial score (nSPS) is 11.6. The van der Waals surface area contributed by atoms with E-state index in [1.165, 1.54) is 31.9 Å². The fraction of sp³-hybridized carbons (Fsp3) is 0. The molecule has 0 saturated heterocycles. The van der Waals surface area contributed by atoms with E-state index in [-0.39, 0.29) is 0 Å². The lowest BCUT2D eigenvalue weighted by Gasteiger charge is -2.08. The number of para-hydroxylation sites is 1. The predicted molar refractivity (Wildman–Crippen MR) is 117 cm³/mol. The summed E-state index contributed by atoms with van der Waals surface area (Å²) in [6.07, 6.45) is 5.56. The van der Waals surface area contributed by atoms with E-state index in [1.807, 2.05) is 30.7 Å². The number of pyridine rings is 2. The molecule has 4 heteroatoms. The quantitative estimate of drug-likeness (QED) is 0.347. The maximum Gasteiger partial charge on any atom is 0.137 e. The molecule has 0 aliphatic heterocycles. The third-order valence-electron chi connectivity index (χ3n) is 5.24. The minimum absolute atomic E-state index is 0.930. The fourth-order valence-corrected chi connectivity index (χ4v) is 4.71. The fourth-order valence-electron chi connectivity index (χ4n) is 3.91. The van der Waals surface area contributed by atoms with Crippen molar-refractivity contribution in [1.82, 2.24) is 14.5 Å². The van der Waals surface area contributed by atoms with Crippen molar-refractivity contribution in [3.05, 3.63) is 90.7 Å². The van der Waals surface area contributed by atoms with Crippen LogP contribution in [0.15, 0.2) is 90.7 Å². The van der Waals surface area contributed by atoms with E-state index in [2.05, 4.69) is 69.5 Å². The zero-order valence-electron chi connectivity index (χ0n) is 14.9. The summed E-state index contributed by atoms with van der Waals surface area (Å²) >= 11 is 1.78. The third kappa shape index (κ3) is 2.28. The Morgan fingerprint density at radius 1 is 0.750 bits per heavy atom. The van der Waals surface area contributed by atoms with Gasteiger partial charge in [0.15, 0.2) is 0 Å². The molecule has 6 rings (SSSR count). The number of benzene rings is 2. The first-order chi connectivity index (χ1) is 13.9. The summed E-state index contributed by atoms with van der Waals surface area (Å²) in [7, 11) is 0. The topological polar surface area (TPSA) is 30.7 Å². The summed E-state index contributed by atoms with van der Waals surface area (Å²) in [5, 5.41) is 5.96. The number of hydrogen-bond donors (Lipinski definition) is 0. The van der Waals surface area contributed by atoms with Crippen molar-refractivity contribution in [2.45, 2.75) is 0 Å². The molecule has 28 heavy (non-hydrogen) atoms. The second-order valence-electron chi connectivity index (χ2n) is 6.82. The summed E-state index contributed by atoms with van der Waals surface area (Å²) in [5.41, 5.74) is 4.59. The first-order valence-electron chi connectivity index (χ1n) is 9.16. The van der Waals surface area contributed by atoms with Gasteiger partial charge in [-0.3, -0.25) is 9.55 Å². The predicted octanol–water partition coefficient (Wildman–Crippen LogP) is 6.46. The van der Waals surface area contributed by atoms with Gasteiger partial charge in [0, 0.05) is 39.6 Å². The summed E-state index contributed by atoms with van der Waals surface area (Å²) in [5.74, 6) is 0.930. The Balaban J connectivity index is 1.62. The van der Waals surface area contributed by atoms with E-state index in [4.69, 9.17) is 4.98 Å². The molecule has 0 spiro atoms. The largest absolute Gasteiger partial charge is 0.294 e. The monoisotopic (exact) mass is 377 g/mol. The Kier molecular flexibility index (Phi) is 3.34. The molecule has 0 saturated carbocycles. The highest BCUT2D eigenvalue weighted by Crippen LogP contribution is 2.35. The molecule has 4 aromatic heterocycles. The maximum absolute atomic E-state index is 4.81. The summed E-state index contributed by atoms with van der Waals surface area (Å²) in [4.78, 5) is 8.91. The van der Waals surface area contributed by atoms with Crippen LogP contribution in [0.2, 0.25) is 0 Å². The molecule has 0 N–H and O–H groups in total. The lowest BCUT2D eigenvalue weighted by Crippen LogP contribution is -1.97. The van der Waals surface area contributed by atoms with Gasteiger partial charge in [-0.2, -0.15) is 0 Å². The van der Waals surface area contributed by atoms with E-state index < -0.39 is 0 Å². The number of aromatic nitrogens is 3. The number of rotatable bonds is 2. The lowest BCUT2D eigenvalue weighted by atomic mass is 10.1. The van der Waals surface area contributed by atoms with Gasteiger partial charge in [0.25, 0.3) is 0 Å². The van der Waals surface area contributed by atoms with E-state index >= 15 is 0 Å². The van der Waals surface area contributed by atoms with Crippen LogP contribution < -0.4 is 0 Å². The van der Waals surface area contributed by atoms with Gasteiger partial charge < -0.3 is 0 Å². The molecule has 6 aromatic rings. The molecule has 3 nitrogen and oxygen atoms in total. The van der Waals surface area contributed by atoms with Crippen LogP contribution in [0.4, 0.5) is 0 Å². The van der Waals surface area contributed by atoms with Gasteiger partial charge in [0.2, 0.25) is 0 Å². The number of thiophene rings is 1. The van der Waals surface area contributed by atoms with Crippen molar-refractivity contribution < 1.29 is 0 Å². The highest BCUT2D eigenvalue weighted by atomic mass is 32.1. The van der Waals surface area contributed by atoms with Crippen molar-refractivity contribution >= 4 is 43.2 Å². The van der Waals surface area contributed by atoms with Gasteiger partial charge in [-0.05, 0) is 64.9 Å². The lowest BCUT2D eigenvalue weighted by molar-refractivity contribution is 1.08. The van der Waals surface area contributed by atoms with Crippen LogP contribution in [0.1, 0.15) is 0 Å². The third-order valence-corrected chi connectivity index (χ3v) is 6.12. The van der Waals surface area contributed by atoms with Crippen LogP contribution in [-0.4, -0.2) is 14.5 Å². The first kappa shape index (κ1) is 15.5. The minimum atomic E-state index is 0.930. The van der Waals surface area contributed by atoms with Crippen LogP contribution in [0, 0.1) is 0 Å². The molecule has 0 amide bonds. The van der Waals surface area contributed by atoms with Crippen molar-refractivity contribution in [2.24, 2.45) is 0 Å². The van der Waals surface area contributed by atoms with Gasteiger partial charge in [-0.1, -0.05) is 18.2 Å². The minimum Gasteiger partial charge on any atom is -0.294 e. The Labute approximate surface area is 165 Å².